The van der Waals surface area contributed by atoms with Crippen molar-refractivity contribution in [1.29, 1.82) is 0 Å². The van der Waals surface area contributed by atoms with Crippen molar-refractivity contribution in [1.82, 2.24) is 45.2 Å². The van der Waals surface area contributed by atoms with Gasteiger partial charge in [-0.25, -0.2) is 13.9 Å². The summed E-state index contributed by atoms with van der Waals surface area (Å²) in [5.74, 6) is -0.0722. The molecular formula is C58H78FN11O11S. The molecule has 4 N–H and O–H groups in total. The standard InChI is InChI=1S/C58H78FN11O11S/c1-37-8-13-48-44(33-37)39(3)63-49-16-23-70-54(65-49)45(34-62-70)57(75)68(35-38(2)81-48)24-19-61-50(71)17-25-77-27-29-79-31-32-80-30-28-78-26-18-51(72)67-21-14-41(15-22-67)52(66-55(74)40(4)60-5)58(76)69-20-6-7-47(69)56-64-46(36-82-56)53(73)42-9-11-43(59)12-10-42/h8-13,16,23,33-34,38-41,46-47,52,60H,6-7,14-15,17-22,24-32,35-36H2,1-5H3,(H,61,71)(H,63,65)(H,66,74)/t38-,39+,40-,46?,47-,52-/m0/s1. The quantitative estimate of drug-likeness (QED) is 0.0507. The number of ether oxygens (including phenoxy) is 5. The highest BCUT2D eigenvalue weighted by Gasteiger charge is 2.43. The van der Waals surface area contributed by atoms with E-state index < -0.39 is 23.9 Å². The number of anilines is 1. The fraction of sp³-hybridized carbons (Fsp3) is 0.569. The van der Waals surface area contributed by atoms with Gasteiger partial charge >= 0.3 is 0 Å². The zero-order valence-corrected chi connectivity index (χ0v) is 48.4. The van der Waals surface area contributed by atoms with Crippen LogP contribution < -0.4 is 26.0 Å². The second kappa shape index (κ2) is 30.1. The van der Waals surface area contributed by atoms with Crippen molar-refractivity contribution in [2.75, 3.05) is 110 Å². The van der Waals surface area contributed by atoms with E-state index in [-0.39, 0.29) is 105 Å². The van der Waals surface area contributed by atoms with E-state index in [2.05, 4.69) is 32.4 Å². The summed E-state index contributed by atoms with van der Waals surface area (Å²) in [6.45, 7) is 12.2. The second-order valence-electron chi connectivity index (χ2n) is 21.1. The fourth-order valence-electron chi connectivity index (χ4n) is 10.4. The highest BCUT2D eigenvalue weighted by Crippen LogP contribution is 2.34. The molecule has 8 rings (SSSR count). The van der Waals surface area contributed by atoms with Crippen LogP contribution in [0.25, 0.3) is 5.65 Å². The number of nitrogens with one attached hydrogen (secondary N) is 4. The minimum atomic E-state index is -0.798. The maximum Gasteiger partial charge on any atom is 0.259 e. The van der Waals surface area contributed by atoms with E-state index in [0.717, 1.165) is 22.6 Å². The molecule has 2 saturated heterocycles. The number of rotatable bonds is 26. The number of carbonyl (C=O) groups is 6. The minimum absolute atomic E-state index is 0.0491. The number of nitrogens with zero attached hydrogens (tertiary/aromatic N) is 7. The van der Waals surface area contributed by atoms with Gasteiger partial charge in [0.15, 0.2) is 11.4 Å². The maximum atomic E-state index is 14.5. The van der Waals surface area contributed by atoms with Gasteiger partial charge in [-0.05, 0) is 103 Å². The van der Waals surface area contributed by atoms with Crippen molar-refractivity contribution in [3.63, 3.8) is 0 Å². The SMILES string of the molecule is CN[C@@H](C)C(=O)N[C@H](C(=O)N1CCC[C@H]1C1=NC(C(=O)c2ccc(F)cc2)CS1)C1CCN(C(=O)CCOCCOCCOCCOCCC(=O)NCCN2C[C@H](C)Oc3ccc(C)cc3[C@@H](C)Nc3ccn4ncc(c4n3)C2=O)CC1. The molecule has 0 aliphatic carbocycles. The Morgan fingerprint density at radius 1 is 0.890 bits per heavy atom. The molecule has 2 fully saturated rings. The lowest BCUT2D eigenvalue weighted by Crippen LogP contribution is -2.58. The Labute approximate surface area is 482 Å². The van der Waals surface area contributed by atoms with Gasteiger partial charge in [0.25, 0.3) is 5.91 Å². The Morgan fingerprint density at radius 3 is 2.29 bits per heavy atom. The number of hydrogen-bond acceptors (Lipinski definition) is 17. The first-order valence-corrected chi connectivity index (χ1v) is 29.5. The molecule has 2 bridgehead atoms. The van der Waals surface area contributed by atoms with Crippen molar-refractivity contribution in [3.8, 4) is 5.75 Å². The third kappa shape index (κ3) is 16.6. The number of thioether (sulfide) groups is 1. The Bertz CT molecular complexity index is 2870. The van der Waals surface area contributed by atoms with Gasteiger partial charge < -0.3 is 59.7 Å². The molecule has 82 heavy (non-hydrogen) atoms. The van der Waals surface area contributed by atoms with Crippen molar-refractivity contribution < 1.29 is 56.8 Å². The van der Waals surface area contributed by atoms with E-state index in [1.165, 1.54) is 42.2 Å². The van der Waals surface area contributed by atoms with Crippen molar-refractivity contribution >= 4 is 63.6 Å². The van der Waals surface area contributed by atoms with Crippen LogP contribution in [0.1, 0.15) is 97.2 Å². The first kappa shape index (κ1) is 61.5. The van der Waals surface area contributed by atoms with Crippen LogP contribution in [-0.2, 0) is 38.1 Å². The summed E-state index contributed by atoms with van der Waals surface area (Å²) in [6, 6.07) is 10.9. The van der Waals surface area contributed by atoms with Crippen LogP contribution in [0.4, 0.5) is 10.2 Å². The van der Waals surface area contributed by atoms with Gasteiger partial charge in [-0.3, -0.25) is 33.8 Å². The molecule has 24 heteroatoms. The van der Waals surface area contributed by atoms with Crippen molar-refractivity contribution in [2.24, 2.45) is 10.9 Å². The molecule has 4 aliphatic heterocycles. The number of ketones is 1. The van der Waals surface area contributed by atoms with E-state index in [0.29, 0.717) is 113 Å². The Kier molecular flexibility index (Phi) is 22.6. The number of aryl methyl sites for hydroxylation is 1. The van der Waals surface area contributed by atoms with Crippen LogP contribution in [0.15, 0.2) is 65.9 Å². The van der Waals surface area contributed by atoms with E-state index in [9.17, 15) is 33.2 Å². The summed E-state index contributed by atoms with van der Waals surface area (Å²) < 4.78 is 44.1. The number of benzene rings is 2. The molecule has 5 amide bonds. The van der Waals surface area contributed by atoms with E-state index in [1.807, 2.05) is 39.0 Å². The van der Waals surface area contributed by atoms with Gasteiger partial charge in [0, 0.05) is 62.2 Å². The molecule has 6 heterocycles. The lowest BCUT2D eigenvalue weighted by molar-refractivity contribution is -0.140. The van der Waals surface area contributed by atoms with Crippen molar-refractivity contribution in [2.45, 2.75) is 103 Å². The molecule has 2 aromatic heterocycles. The number of likely N-dealkylation sites (tertiary alicyclic amines) is 2. The van der Waals surface area contributed by atoms with Crippen LogP contribution in [-0.4, -0.2) is 205 Å². The van der Waals surface area contributed by atoms with Crippen LogP contribution in [0.2, 0.25) is 0 Å². The third-order valence-electron chi connectivity index (χ3n) is 15.1. The van der Waals surface area contributed by atoms with Gasteiger partial charge in [0.2, 0.25) is 23.6 Å². The number of halogens is 1. The largest absolute Gasteiger partial charge is 0.489 e. The number of carbonyl (C=O) groups excluding carboxylic acids is 6. The molecule has 4 aromatic rings. The lowest BCUT2D eigenvalue weighted by atomic mass is 9.88. The molecule has 0 saturated carbocycles. The summed E-state index contributed by atoms with van der Waals surface area (Å²) >= 11 is 1.46. The van der Waals surface area contributed by atoms with E-state index >= 15 is 0 Å². The number of hydrogen-bond donors (Lipinski definition) is 4. The van der Waals surface area contributed by atoms with Gasteiger partial charge in [-0.15, -0.1) is 11.8 Å². The van der Waals surface area contributed by atoms with Crippen molar-refractivity contribution in [3.05, 3.63) is 89.0 Å². The number of likely N-dealkylation sites (N-methyl/N-ethyl adjacent to an activating group) is 1. The summed E-state index contributed by atoms with van der Waals surface area (Å²) in [4.78, 5) is 95.6. The average Bonchev–Trinajstić information content (AvgIpc) is 4.35. The first-order chi connectivity index (χ1) is 39.7. The molecule has 6 atom stereocenters. The van der Waals surface area contributed by atoms with Crippen LogP contribution >= 0.6 is 11.8 Å². The summed E-state index contributed by atoms with van der Waals surface area (Å²) in [6.07, 6.45) is 5.75. The topological polar surface area (TPSA) is 249 Å². The maximum absolute atomic E-state index is 14.5. The number of aromatic nitrogens is 3. The summed E-state index contributed by atoms with van der Waals surface area (Å²) in [5, 5.41) is 17.4. The van der Waals surface area contributed by atoms with Gasteiger partial charge in [-0.2, -0.15) is 5.10 Å². The van der Waals surface area contributed by atoms with Gasteiger partial charge in [-0.1, -0.05) is 17.7 Å². The number of piperidine rings is 1. The van der Waals surface area contributed by atoms with E-state index in [4.69, 9.17) is 33.7 Å². The van der Waals surface area contributed by atoms with Crippen LogP contribution in [0.3, 0.4) is 0 Å². The molecule has 1 unspecified atom stereocenters. The fourth-order valence-corrected chi connectivity index (χ4v) is 11.6. The molecule has 0 radical (unpaired) electrons. The zero-order chi connectivity index (χ0) is 58.1. The Morgan fingerprint density at radius 2 is 1.59 bits per heavy atom. The van der Waals surface area contributed by atoms with E-state index in [1.54, 1.807) is 39.4 Å². The number of Topliss-reactive ketones (excluding diaryl/α,β-unsaturated/α-hetero) is 1. The van der Waals surface area contributed by atoms with Gasteiger partial charge in [0.1, 0.15) is 41.1 Å². The summed E-state index contributed by atoms with van der Waals surface area (Å²) in [5.41, 5.74) is 3.23. The predicted molar refractivity (Wildman–Crippen MR) is 307 cm³/mol. The zero-order valence-electron chi connectivity index (χ0n) is 47.6. The summed E-state index contributed by atoms with van der Waals surface area (Å²) in [7, 11) is 1.68. The molecule has 2 aromatic carbocycles. The third-order valence-corrected chi connectivity index (χ3v) is 16.3. The highest BCUT2D eigenvalue weighted by molar-refractivity contribution is 8.14. The highest BCUT2D eigenvalue weighted by atomic mass is 32.2. The Balaban J connectivity index is 0.670. The smallest absolute Gasteiger partial charge is 0.259 e. The molecule has 444 valence electrons. The predicted octanol–water partition coefficient (Wildman–Crippen LogP) is 4.25. The normalized spacial score (nSPS) is 20.2. The molecule has 4 aliphatic rings. The minimum Gasteiger partial charge on any atom is -0.489 e. The van der Waals surface area contributed by atoms with Crippen LogP contribution in [0, 0.1) is 18.7 Å². The van der Waals surface area contributed by atoms with Crippen LogP contribution in [0.5, 0.6) is 5.75 Å². The number of aliphatic imine (C=N–C) groups is 1. The number of fused-ring (bicyclic) bond motifs is 2. The second-order valence-corrected chi connectivity index (χ2v) is 22.1. The lowest BCUT2D eigenvalue weighted by Gasteiger charge is -2.38. The van der Waals surface area contributed by atoms with Gasteiger partial charge in [0.05, 0.1) is 95.2 Å². The molecular weight excluding hydrogens is 1080 g/mol. The molecule has 0 spiro atoms. The Hall–Kier alpha value is -6.57. The first-order valence-electron chi connectivity index (χ1n) is 28.5. The number of amides is 5. The average molecular weight is 1160 g/mol. The molecule has 22 nitrogen and oxygen atoms in total. The monoisotopic (exact) mass is 1160 g/mol.